The second-order valence-corrected chi connectivity index (χ2v) is 6.53. The van der Waals surface area contributed by atoms with Crippen molar-refractivity contribution >= 4 is 0 Å². The van der Waals surface area contributed by atoms with Crippen molar-refractivity contribution in [3.05, 3.63) is 42.0 Å². The molecule has 1 fully saturated rings. The standard InChI is InChI=1S/C20H30O2/c1-3-4-5-6-7-8-9-10-11-18-12-14-19(15-13-18)21-16-20(2)17-22-20/h5-6,12-15H,3-4,7-11,16-17H2,1-2H3/b6-5+. The van der Waals surface area contributed by atoms with E-state index in [0.29, 0.717) is 6.61 Å². The minimum Gasteiger partial charge on any atom is -0.491 e. The molecule has 0 aliphatic carbocycles. The van der Waals surface area contributed by atoms with Crippen LogP contribution in [0.2, 0.25) is 0 Å². The Bertz CT molecular complexity index is 443. The van der Waals surface area contributed by atoms with Crippen molar-refractivity contribution in [2.75, 3.05) is 13.2 Å². The van der Waals surface area contributed by atoms with E-state index in [1.54, 1.807) is 0 Å². The fourth-order valence-electron chi connectivity index (χ4n) is 2.37. The van der Waals surface area contributed by atoms with E-state index in [1.165, 1.54) is 50.5 Å². The number of hydrogen-bond acceptors (Lipinski definition) is 2. The number of ether oxygens (including phenoxy) is 2. The molecular weight excluding hydrogens is 272 g/mol. The number of allylic oxidation sites excluding steroid dienone is 2. The average Bonchev–Trinajstić information content (AvgIpc) is 3.27. The third-order valence-corrected chi connectivity index (χ3v) is 4.06. The molecule has 1 aliphatic rings. The molecule has 0 bridgehead atoms. The molecule has 122 valence electrons. The maximum absolute atomic E-state index is 5.75. The molecule has 0 aromatic heterocycles. The summed E-state index contributed by atoms with van der Waals surface area (Å²) < 4.78 is 11.1. The SMILES string of the molecule is CCC/C=C/CCCCCc1ccc(OCC2(C)CO2)cc1. The zero-order chi connectivity index (χ0) is 15.7. The first-order chi connectivity index (χ1) is 10.7. The quantitative estimate of drug-likeness (QED) is 0.314. The molecule has 1 aromatic carbocycles. The number of aryl methyl sites for hydroxylation is 1. The maximum Gasteiger partial charge on any atom is 0.123 e. The molecule has 0 spiro atoms. The largest absolute Gasteiger partial charge is 0.491 e. The summed E-state index contributed by atoms with van der Waals surface area (Å²) in [5.41, 5.74) is 1.37. The first-order valence-electron chi connectivity index (χ1n) is 8.72. The van der Waals surface area contributed by atoms with Gasteiger partial charge in [0.1, 0.15) is 18.0 Å². The first-order valence-corrected chi connectivity index (χ1v) is 8.72. The third-order valence-electron chi connectivity index (χ3n) is 4.06. The summed E-state index contributed by atoms with van der Waals surface area (Å²) in [4.78, 5) is 0. The van der Waals surface area contributed by atoms with Crippen molar-refractivity contribution in [2.24, 2.45) is 0 Å². The highest BCUT2D eigenvalue weighted by Crippen LogP contribution is 2.27. The van der Waals surface area contributed by atoms with Crippen molar-refractivity contribution in [1.82, 2.24) is 0 Å². The highest BCUT2D eigenvalue weighted by atomic mass is 16.6. The molecular formula is C20H30O2. The normalized spacial score (nSPS) is 20.5. The Kier molecular flexibility index (Phi) is 6.98. The van der Waals surface area contributed by atoms with Gasteiger partial charge in [0.2, 0.25) is 0 Å². The second-order valence-electron chi connectivity index (χ2n) is 6.53. The van der Waals surface area contributed by atoms with Crippen LogP contribution < -0.4 is 4.74 Å². The number of rotatable bonds is 11. The molecule has 2 heteroatoms. The Morgan fingerprint density at radius 1 is 1.09 bits per heavy atom. The number of epoxide rings is 1. The third kappa shape index (κ3) is 6.65. The molecule has 0 saturated carbocycles. The number of benzene rings is 1. The topological polar surface area (TPSA) is 21.8 Å². The van der Waals surface area contributed by atoms with Crippen LogP contribution in [0.5, 0.6) is 5.75 Å². The monoisotopic (exact) mass is 302 g/mol. The van der Waals surface area contributed by atoms with E-state index < -0.39 is 0 Å². The highest BCUT2D eigenvalue weighted by Gasteiger charge is 2.40. The zero-order valence-electron chi connectivity index (χ0n) is 14.1. The van der Waals surface area contributed by atoms with Crippen molar-refractivity contribution in [3.63, 3.8) is 0 Å². The highest BCUT2D eigenvalue weighted by molar-refractivity contribution is 5.27. The number of hydrogen-bond donors (Lipinski definition) is 0. The van der Waals surface area contributed by atoms with Gasteiger partial charge in [0.05, 0.1) is 6.61 Å². The van der Waals surface area contributed by atoms with Crippen LogP contribution in [0.25, 0.3) is 0 Å². The molecule has 0 amide bonds. The van der Waals surface area contributed by atoms with Gasteiger partial charge in [-0.2, -0.15) is 0 Å². The van der Waals surface area contributed by atoms with Gasteiger partial charge in [-0.3, -0.25) is 0 Å². The lowest BCUT2D eigenvalue weighted by atomic mass is 10.1. The van der Waals surface area contributed by atoms with E-state index in [2.05, 4.69) is 50.3 Å². The predicted molar refractivity (Wildman–Crippen MR) is 92.5 cm³/mol. The van der Waals surface area contributed by atoms with Gasteiger partial charge in [0.15, 0.2) is 0 Å². The van der Waals surface area contributed by atoms with Crippen LogP contribution in [0, 0.1) is 0 Å². The van der Waals surface area contributed by atoms with E-state index in [4.69, 9.17) is 9.47 Å². The molecule has 2 nitrogen and oxygen atoms in total. The summed E-state index contributed by atoms with van der Waals surface area (Å²) in [5, 5.41) is 0. The Balaban J connectivity index is 1.56. The summed E-state index contributed by atoms with van der Waals surface area (Å²) in [6.45, 7) is 5.77. The lowest BCUT2D eigenvalue weighted by Gasteiger charge is -2.09. The van der Waals surface area contributed by atoms with E-state index in [1.807, 2.05) is 0 Å². The maximum atomic E-state index is 5.75. The summed E-state index contributed by atoms with van der Waals surface area (Å²) in [6.07, 6.45) is 13.4. The minimum atomic E-state index is -0.0375. The molecule has 2 rings (SSSR count). The van der Waals surface area contributed by atoms with Gasteiger partial charge in [0.25, 0.3) is 0 Å². The van der Waals surface area contributed by atoms with E-state index in [-0.39, 0.29) is 5.60 Å². The van der Waals surface area contributed by atoms with Gasteiger partial charge in [-0.25, -0.2) is 0 Å². The van der Waals surface area contributed by atoms with Crippen LogP contribution >= 0.6 is 0 Å². The van der Waals surface area contributed by atoms with Crippen LogP contribution in [0.1, 0.15) is 57.9 Å². The van der Waals surface area contributed by atoms with Crippen LogP contribution in [0.3, 0.4) is 0 Å². The summed E-state index contributed by atoms with van der Waals surface area (Å²) >= 11 is 0. The molecule has 1 heterocycles. The molecule has 0 N–H and O–H groups in total. The molecule has 22 heavy (non-hydrogen) atoms. The van der Waals surface area contributed by atoms with Crippen LogP contribution in [-0.2, 0) is 11.2 Å². The molecule has 1 aliphatic heterocycles. The molecule has 1 aromatic rings. The lowest BCUT2D eigenvalue weighted by Crippen LogP contribution is -2.16. The van der Waals surface area contributed by atoms with E-state index in [0.717, 1.165) is 12.4 Å². The zero-order valence-corrected chi connectivity index (χ0v) is 14.1. The molecule has 1 unspecified atom stereocenters. The second kappa shape index (κ2) is 8.99. The van der Waals surface area contributed by atoms with E-state index >= 15 is 0 Å². The smallest absolute Gasteiger partial charge is 0.123 e. The van der Waals surface area contributed by atoms with Crippen LogP contribution in [0.15, 0.2) is 36.4 Å². The van der Waals surface area contributed by atoms with Crippen molar-refractivity contribution in [1.29, 1.82) is 0 Å². The van der Waals surface area contributed by atoms with Crippen molar-refractivity contribution in [2.45, 2.75) is 64.4 Å². The fourth-order valence-corrected chi connectivity index (χ4v) is 2.37. The van der Waals surface area contributed by atoms with Gasteiger partial charge >= 0.3 is 0 Å². The molecule has 1 atom stereocenters. The van der Waals surface area contributed by atoms with Crippen molar-refractivity contribution < 1.29 is 9.47 Å². The van der Waals surface area contributed by atoms with Crippen molar-refractivity contribution in [3.8, 4) is 5.75 Å². The lowest BCUT2D eigenvalue weighted by molar-refractivity contribution is 0.202. The molecule has 0 radical (unpaired) electrons. The van der Waals surface area contributed by atoms with Gasteiger partial charge in [-0.15, -0.1) is 0 Å². The Morgan fingerprint density at radius 3 is 2.50 bits per heavy atom. The molecule has 1 saturated heterocycles. The van der Waals surface area contributed by atoms with Gasteiger partial charge in [-0.1, -0.05) is 44.1 Å². The van der Waals surface area contributed by atoms with E-state index in [9.17, 15) is 0 Å². The number of unbranched alkanes of at least 4 members (excludes halogenated alkanes) is 4. The van der Waals surface area contributed by atoms with Gasteiger partial charge in [-0.05, 0) is 56.7 Å². The predicted octanol–water partition coefficient (Wildman–Crippen LogP) is 5.31. The summed E-state index contributed by atoms with van der Waals surface area (Å²) in [5.74, 6) is 0.946. The van der Waals surface area contributed by atoms with Crippen LogP contribution in [-0.4, -0.2) is 18.8 Å². The first kappa shape index (κ1) is 17.1. The van der Waals surface area contributed by atoms with Crippen LogP contribution in [0.4, 0.5) is 0 Å². The van der Waals surface area contributed by atoms with Gasteiger partial charge in [0, 0.05) is 0 Å². The summed E-state index contributed by atoms with van der Waals surface area (Å²) in [6, 6.07) is 8.53. The average molecular weight is 302 g/mol. The van der Waals surface area contributed by atoms with Gasteiger partial charge < -0.3 is 9.47 Å². The Labute approximate surface area is 135 Å². The minimum absolute atomic E-state index is 0.0375. The Hall–Kier alpha value is -1.28. The fraction of sp³-hybridized carbons (Fsp3) is 0.600. The Morgan fingerprint density at radius 2 is 1.82 bits per heavy atom. The summed E-state index contributed by atoms with van der Waals surface area (Å²) in [7, 11) is 0.